The predicted molar refractivity (Wildman–Crippen MR) is 260 cm³/mol. The maximum absolute atomic E-state index is 5.82. The Kier molecular flexibility index (Phi) is 16.4. The van der Waals surface area contributed by atoms with Crippen LogP contribution < -0.4 is 24.3 Å². The Morgan fingerprint density at radius 2 is 0.750 bits per heavy atom. The summed E-state index contributed by atoms with van der Waals surface area (Å²) in [6.07, 6.45) is 0.163. The van der Waals surface area contributed by atoms with E-state index in [0.717, 1.165) is 37.5 Å². The molecule has 5 aromatic carbocycles. The van der Waals surface area contributed by atoms with Gasteiger partial charge >= 0.3 is 97.8 Å². The number of para-hydroxylation sites is 1. The van der Waals surface area contributed by atoms with E-state index in [2.05, 4.69) is 165 Å². The molecule has 7 rings (SSSR count). The number of hydrogen-bond donors (Lipinski definition) is 0. The van der Waals surface area contributed by atoms with Gasteiger partial charge in [0.25, 0.3) is 0 Å². The van der Waals surface area contributed by atoms with E-state index < -0.39 is 13.5 Å². The van der Waals surface area contributed by atoms with Gasteiger partial charge in [0.2, 0.25) is 0 Å². The van der Waals surface area contributed by atoms with E-state index >= 15 is 0 Å². The predicted octanol–water partition coefficient (Wildman–Crippen LogP) is 13.5. The molecular weight excluding hydrogens is 869 g/mol. The minimum atomic E-state index is -1.77. The van der Waals surface area contributed by atoms with Crippen molar-refractivity contribution in [3.8, 4) is 5.75 Å². The minimum Gasteiger partial charge on any atom is -0.502 e. The molecule has 0 amide bonds. The van der Waals surface area contributed by atoms with E-state index in [-0.39, 0.29) is 6.10 Å². The zero-order valence-electron chi connectivity index (χ0n) is 38.4. The fraction of sp³-hybridized carbons (Fsp3) is 0.365. The molecule has 0 spiro atoms. The average molecular weight is 935 g/mol. The monoisotopic (exact) mass is 934 g/mol. The van der Waals surface area contributed by atoms with Crippen molar-refractivity contribution in [3.63, 3.8) is 0 Å². The Balaban J connectivity index is 0.000000177. The van der Waals surface area contributed by atoms with E-state index in [1.54, 1.807) is 0 Å². The van der Waals surface area contributed by atoms with E-state index in [0.29, 0.717) is 0 Å². The second kappa shape index (κ2) is 20.8. The van der Waals surface area contributed by atoms with Crippen LogP contribution in [0.2, 0.25) is 0 Å². The molecule has 0 saturated carbocycles. The number of rotatable bonds is 7. The van der Waals surface area contributed by atoms with Crippen LogP contribution in [0.3, 0.4) is 0 Å². The summed E-state index contributed by atoms with van der Waals surface area (Å²) in [7, 11) is 11.6. The normalized spacial score (nSPS) is 13.9. The second-order valence-electron chi connectivity index (χ2n) is 17.0. The molecule has 324 valence electrons. The van der Waals surface area contributed by atoms with Crippen LogP contribution in [0, 0.1) is 96.4 Å². The van der Waals surface area contributed by atoms with Crippen molar-refractivity contribution in [2.75, 3.05) is 45.8 Å². The fourth-order valence-electron chi connectivity index (χ4n) is 9.19. The first-order valence-corrected chi connectivity index (χ1v) is 26.5. The van der Waals surface area contributed by atoms with Gasteiger partial charge in [0.1, 0.15) is 0 Å². The molecule has 0 radical (unpaired) electrons. The minimum absolute atomic E-state index is 0.163. The number of anilines is 4. The molecule has 0 atom stereocenters. The first-order chi connectivity index (χ1) is 28.3. The summed E-state index contributed by atoms with van der Waals surface area (Å²) in [5.41, 5.74) is 22.7. The van der Waals surface area contributed by atoms with Crippen molar-refractivity contribution in [2.24, 2.45) is 0 Å². The van der Waals surface area contributed by atoms with E-state index in [9.17, 15) is 0 Å². The van der Waals surface area contributed by atoms with Crippen LogP contribution >= 0.6 is 19.4 Å². The van der Waals surface area contributed by atoms with Crippen LogP contribution in [0.15, 0.2) is 72.8 Å². The number of nitrogens with zero attached hydrogens (tertiary/aromatic N) is 4. The van der Waals surface area contributed by atoms with Gasteiger partial charge in [0.05, 0.1) is 0 Å². The topological polar surface area (TPSA) is 22.2 Å². The Bertz CT molecular complexity index is 1980. The van der Waals surface area contributed by atoms with Crippen LogP contribution in [0.25, 0.3) is 0 Å². The molecule has 0 unspecified atom stereocenters. The van der Waals surface area contributed by atoms with E-state index in [1.165, 1.54) is 89.5 Å². The number of halogens is 2. The average Bonchev–Trinajstić information content (AvgIpc) is 3.78. The Labute approximate surface area is 375 Å². The first kappa shape index (κ1) is 47.2. The molecule has 2 saturated heterocycles. The number of aryl methyl sites for hydroxylation is 12. The van der Waals surface area contributed by atoms with Crippen LogP contribution in [0.5, 0.6) is 5.75 Å². The molecule has 0 aliphatic carbocycles. The molecule has 5 nitrogen and oxygen atoms in total. The Morgan fingerprint density at radius 1 is 0.483 bits per heavy atom. The van der Waals surface area contributed by atoms with Gasteiger partial charge in [0.15, 0.2) is 0 Å². The largest absolute Gasteiger partial charge is 0.502 e. The molecular formula is C52H66Cl2N4ORu-2. The van der Waals surface area contributed by atoms with Crippen molar-refractivity contribution in [3.05, 3.63) is 158 Å². The van der Waals surface area contributed by atoms with Gasteiger partial charge < -0.3 is 19.6 Å². The van der Waals surface area contributed by atoms with Gasteiger partial charge in [-0.3, -0.25) is 0 Å². The number of ether oxygens (including phenoxy) is 1. The van der Waals surface area contributed by atoms with Crippen molar-refractivity contribution in [2.45, 2.75) is 103 Å². The molecule has 0 N–H and O–H groups in total. The van der Waals surface area contributed by atoms with Gasteiger partial charge in [-0.15, -0.1) is 0 Å². The smallest absolute Gasteiger partial charge is 0.0146 e. The van der Waals surface area contributed by atoms with Crippen LogP contribution in [0.4, 0.5) is 22.7 Å². The molecule has 8 heteroatoms. The standard InChI is InChI=1S/2C21H27N2.C10H12O.2ClH.Ru/c2*1-14-9-16(3)20(17(4)10-14)22-7-8-23(13-22)21-18(5)11-15(2)12-19(21)6;1-8(2)11-10-7-5-4-6-9(10)3;;;/h2*9-13H,7-8H2,1-6H3;3-8H,1-2H3;2*1H;/q2*-1;;;;+2/p-2. The second-order valence-corrected chi connectivity index (χ2v) is 22.7. The third kappa shape index (κ3) is 12.0. The van der Waals surface area contributed by atoms with Gasteiger partial charge in [-0.1, -0.05) is 70.8 Å². The van der Waals surface area contributed by atoms with Crippen LogP contribution in [-0.2, 0) is 13.5 Å². The zero-order valence-corrected chi connectivity index (χ0v) is 41.6. The fourth-order valence-corrected chi connectivity index (χ4v) is 11.0. The van der Waals surface area contributed by atoms with Crippen LogP contribution in [-0.4, -0.2) is 36.9 Å². The molecule has 2 aliphatic rings. The summed E-state index contributed by atoms with van der Waals surface area (Å²) in [6.45, 7) is 39.1. The zero-order chi connectivity index (χ0) is 44.0. The number of benzene rings is 5. The van der Waals surface area contributed by atoms with E-state index in [4.69, 9.17) is 24.1 Å². The van der Waals surface area contributed by atoms with Gasteiger partial charge in [-0.25, -0.2) is 0 Å². The summed E-state index contributed by atoms with van der Waals surface area (Å²) in [5, 5.41) is 0. The molecule has 0 aromatic heterocycles. The number of hydrogen-bond acceptors (Lipinski definition) is 5. The maximum atomic E-state index is 5.82. The molecule has 5 aromatic rings. The van der Waals surface area contributed by atoms with Crippen molar-refractivity contribution >= 4 is 46.7 Å². The summed E-state index contributed by atoms with van der Waals surface area (Å²) < 4.78 is 7.51. The SMILES string of the molecule is CC(C)Oc1ccccc1[CH]=[Ru]([Cl])[Cl].Cc1cc(C)c(N2[CH-]N(c3c(C)cc(C)cc3C)CC2)c(C)c1.Cc1cc(C)c(N2[CH-]N(c3c(C)cc(C)cc3C)CC2)c(C)c1. The maximum Gasteiger partial charge on any atom is 0.0146 e. The van der Waals surface area contributed by atoms with Crippen molar-refractivity contribution in [1.82, 2.24) is 0 Å². The molecule has 60 heavy (non-hydrogen) atoms. The Hall–Kier alpha value is -3.83. The third-order valence-electron chi connectivity index (χ3n) is 10.9. The summed E-state index contributed by atoms with van der Waals surface area (Å²) in [5.74, 6) is 0.850. The van der Waals surface area contributed by atoms with Crippen molar-refractivity contribution < 1.29 is 18.3 Å². The van der Waals surface area contributed by atoms with Gasteiger partial charge in [-0.2, -0.15) is 13.3 Å². The summed E-state index contributed by atoms with van der Waals surface area (Å²) in [6, 6.07) is 26.0. The Morgan fingerprint density at radius 3 is 1.00 bits per heavy atom. The molecule has 2 heterocycles. The molecule has 2 aliphatic heterocycles. The van der Waals surface area contributed by atoms with Gasteiger partial charge in [-0.05, 0) is 128 Å². The third-order valence-corrected chi connectivity index (χ3v) is 12.7. The quantitative estimate of drug-likeness (QED) is 0.119. The van der Waals surface area contributed by atoms with Gasteiger partial charge in [0, 0.05) is 48.9 Å². The molecule has 0 bridgehead atoms. The molecule has 2 fully saturated rings. The summed E-state index contributed by atoms with van der Waals surface area (Å²) in [4.78, 5) is 9.62. The van der Waals surface area contributed by atoms with Crippen LogP contribution in [0.1, 0.15) is 86.2 Å². The van der Waals surface area contributed by atoms with E-state index in [1.807, 2.05) is 42.7 Å². The summed E-state index contributed by atoms with van der Waals surface area (Å²) >= 11 is -1.77. The van der Waals surface area contributed by atoms with Crippen molar-refractivity contribution in [1.29, 1.82) is 0 Å². The first-order valence-electron chi connectivity index (χ1n) is 21.0.